The summed E-state index contributed by atoms with van der Waals surface area (Å²) < 4.78 is 8.35. The predicted molar refractivity (Wildman–Crippen MR) is 110 cm³/mol. The van der Waals surface area contributed by atoms with Crippen LogP contribution in [0.15, 0.2) is 24.5 Å². The van der Waals surface area contributed by atoms with Crippen LogP contribution in [-0.2, 0) is 0 Å². The molecule has 0 spiro atoms. The third-order valence-electron chi connectivity index (χ3n) is 5.18. The number of benzene rings is 1. The van der Waals surface area contributed by atoms with Gasteiger partial charge in [-0.05, 0) is 30.0 Å². The number of nitrogen functional groups attached to an aromatic ring is 1. The molecule has 10 heteroatoms. The van der Waals surface area contributed by atoms with Crippen LogP contribution in [0.1, 0.15) is 11.6 Å². The molecule has 148 valence electrons. The highest BCUT2D eigenvalue weighted by atomic mass is 32.1. The first kappa shape index (κ1) is 17.7. The molecule has 5 rings (SSSR count). The maximum Gasteiger partial charge on any atom is 0.407 e. The Morgan fingerprint density at radius 3 is 2.83 bits per heavy atom. The smallest absolute Gasteiger partial charge is 0.407 e. The van der Waals surface area contributed by atoms with Gasteiger partial charge in [0.2, 0.25) is 0 Å². The molecule has 1 aliphatic rings. The van der Waals surface area contributed by atoms with Crippen molar-refractivity contribution >= 4 is 44.4 Å². The van der Waals surface area contributed by atoms with Gasteiger partial charge in [-0.3, -0.25) is 0 Å². The molecule has 9 nitrogen and oxygen atoms in total. The molecular weight excluding hydrogens is 392 g/mol. The Morgan fingerprint density at radius 1 is 1.31 bits per heavy atom. The highest BCUT2D eigenvalue weighted by Crippen LogP contribution is 2.42. The molecule has 0 aliphatic carbocycles. The van der Waals surface area contributed by atoms with E-state index in [2.05, 4.69) is 22.1 Å². The van der Waals surface area contributed by atoms with E-state index in [0.29, 0.717) is 35.6 Å². The van der Waals surface area contributed by atoms with Gasteiger partial charge in [-0.15, -0.1) is 11.3 Å². The molecule has 29 heavy (non-hydrogen) atoms. The van der Waals surface area contributed by atoms with E-state index < -0.39 is 6.09 Å². The van der Waals surface area contributed by atoms with Gasteiger partial charge in [-0.1, -0.05) is 6.07 Å². The van der Waals surface area contributed by atoms with Crippen molar-refractivity contribution in [1.29, 1.82) is 0 Å². The van der Waals surface area contributed by atoms with E-state index in [9.17, 15) is 4.79 Å². The van der Waals surface area contributed by atoms with Gasteiger partial charge < -0.3 is 20.5 Å². The summed E-state index contributed by atoms with van der Waals surface area (Å²) in [6, 6.07) is 6.10. The second-order valence-electron chi connectivity index (χ2n) is 7.09. The first-order chi connectivity index (χ1) is 14.0. The standard InChI is InChI=1S/C19H18N6O3S/c1-9-3-10-5-13(29-16(10)12(4-9)28-2)15-14-17(20)21-8-22-18(14)25(23-15)11-6-24(7-11)19(26)27/h3-5,8,11H,6-7H2,1-2H3,(H,26,27)(H2,20,21,22). The minimum absolute atomic E-state index is 0.0807. The number of nitrogens with two attached hydrogens (primary N) is 1. The van der Waals surface area contributed by atoms with Crippen LogP contribution < -0.4 is 10.5 Å². The Hall–Kier alpha value is -3.40. The van der Waals surface area contributed by atoms with E-state index in [0.717, 1.165) is 26.3 Å². The number of methoxy groups -OCH3 is 1. The van der Waals surface area contributed by atoms with Gasteiger partial charge in [0, 0.05) is 13.1 Å². The highest BCUT2D eigenvalue weighted by Gasteiger charge is 2.35. The number of hydrogen-bond donors (Lipinski definition) is 2. The monoisotopic (exact) mass is 410 g/mol. The largest absolute Gasteiger partial charge is 0.495 e. The zero-order valence-electron chi connectivity index (χ0n) is 15.8. The second kappa shape index (κ2) is 6.31. The fourth-order valence-electron chi connectivity index (χ4n) is 3.72. The fourth-order valence-corrected chi connectivity index (χ4v) is 4.85. The Balaban J connectivity index is 1.68. The van der Waals surface area contributed by atoms with Crippen molar-refractivity contribution in [2.45, 2.75) is 13.0 Å². The first-order valence-electron chi connectivity index (χ1n) is 9.01. The van der Waals surface area contributed by atoms with Crippen molar-refractivity contribution in [3.8, 4) is 16.3 Å². The number of fused-ring (bicyclic) bond motifs is 2. The van der Waals surface area contributed by atoms with Crippen molar-refractivity contribution in [3.63, 3.8) is 0 Å². The number of ether oxygens (including phenoxy) is 1. The SMILES string of the molecule is COc1cc(C)cc2cc(-c3nn(C4CN(C(=O)O)C4)c4ncnc(N)c34)sc12. The number of aromatic nitrogens is 4. The number of anilines is 1. The summed E-state index contributed by atoms with van der Waals surface area (Å²) in [4.78, 5) is 21.9. The molecule has 1 aliphatic heterocycles. The van der Waals surface area contributed by atoms with Gasteiger partial charge in [0.25, 0.3) is 0 Å². The van der Waals surface area contributed by atoms with Crippen molar-refractivity contribution in [2.75, 3.05) is 25.9 Å². The maximum atomic E-state index is 11.1. The number of aryl methyl sites for hydroxylation is 1. The van der Waals surface area contributed by atoms with Crippen LogP contribution in [0.25, 0.3) is 31.7 Å². The van der Waals surface area contributed by atoms with Gasteiger partial charge in [-0.2, -0.15) is 5.10 Å². The summed E-state index contributed by atoms with van der Waals surface area (Å²) in [7, 11) is 1.66. The fraction of sp³-hybridized carbons (Fsp3) is 0.263. The van der Waals surface area contributed by atoms with Crippen LogP contribution in [0.5, 0.6) is 5.75 Å². The number of nitrogens with zero attached hydrogens (tertiary/aromatic N) is 5. The summed E-state index contributed by atoms with van der Waals surface area (Å²) >= 11 is 1.57. The zero-order valence-corrected chi connectivity index (χ0v) is 16.6. The lowest BCUT2D eigenvalue weighted by Gasteiger charge is -2.36. The van der Waals surface area contributed by atoms with Gasteiger partial charge in [0.1, 0.15) is 23.6 Å². The maximum absolute atomic E-state index is 11.1. The predicted octanol–water partition coefficient (Wildman–Crippen LogP) is 3.14. The van der Waals surface area contributed by atoms with E-state index >= 15 is 0 Å². The first-order valence-corrected chi connectivity index (χ1v) is 9.83. The summed E-state index contributed by atoms with van der Waals surface area (Å²) in [6.07, 6.45) is 0.476. The second-order valence-corrected chi connectivity index (χ2v) is 8.14. The lowest BCUT2D eigenvalue weighted by molar-refractivity contribution is 0.0827. The quantitative estimate of drug-likeness (QED) is 0.532. The summed E-state index contributed by atoms with van der Waals surface area (Å²) in [5, 5.41) is 15.7. The van der Waals surface area contributed by atoms with Crippen LogP contribution >= 0.6 is 11.3 Å². The molecule has 0 unspecified atom stereocenters. The van der Waals surface area contributed by atoms with Crippen LogP contribution in [0.4, 0.5) is 10.6 Å². The van der Waals surface area contributed by atoms with Crippen LogP contribution in [0, 0.1) is 6.92 Å². The number of hydrogen-bond acceptors (Lipinski definition) is 7. The zero-order chi connectivity index (χ0) is 20.3. The van der Waals surface area contributed by atoms with E-state index in [1.54, 1.807) is 23.1 Å². The lowest BCUT2D eigenvalue weighted by atomic mass is 10.1. The van der Waals surface area contributed by atoms with Gasteiger partial charge in [-0.25, -0.2) is 19.4 Å². The van der Waals surface area contributed by atoms with Crippen molar-refractivity contribution in [3.05, 3.63) is 30.1 Å². The normalized spacial score (nSPS) is 14.5. The molecule has 3 N–H and O–H groups in total. The molecule has 1 amide bonds. The van der Waals surface area contributed by atoms with E-state index in [-0.39, 0.29) is 6.04 Å². The number of carbonyl (C=O) groups is 1. The highest BCUT2D eigenvalue weighted by molar-refractivity contribution is 7.22. The minimum atomic E-state index is -0.931. The Morgan fingerprint density at radius 2 is 2.10 bits per heavy atom. The molecule has 0 atom stereocenters. The molecule has 1 fully saturated rings. The number of likely N-dealkylation sites (tertiary alicyclic amines) is 1. The third kappa shape index (κ3) is 2.67. The molecule has 1 aromatic carbocycles. The molecule has 0 bridgehead atoms. The van der Waals surface area contributed by atoms with Crippen LogP contribution in [-0.4, -0.2) is 56.0 Å². The van der Waals surface area contributed by atoms with Gasteiger partial charge >= 0.3 is 6.09 Å². The van der Waals surface area contributed by atoms with Gasteiger partial charge in [0.05, 0.1) is 28.1 Å². The molecule has 0 saturated carbocycles. The minimum Gasteiger partial charge on any atom is -0.495 e. The van der Waals surface area contributed by atoms with Crippen molar-refractivity contribution in [2.24, 2.45) is 0 Å². The molecule has 3 aromatic heterocycles. The number of rotatable bonds is 3. The van der Waals surface area contributed by atoms with Crippen molar-refractivity contribution < 1.29 is 14.6 Å². The number of carboxylic acid groups (broad SMARTS) is 1. The average molecular weight is 410 g/mol. The topological polar surface area (TPSA) is 119 Å². The Labute approximate surface area is 169 Å². The Kier molecular flexibility index (Phi) is 3.85. The third-order valence-corrected chi connectivity index (χ3v) is 6.35. The lowest BCUT2D eigenvalue weighted by Crippen LogP contribution is -2.50. The summed E-state index contributed by atoms with van der Waals surface area (Å²) in [5.41, 5.74) is 8.62. The molecule has 4 aromatic rings. The molecular formula is C19H18N6O3S. The summed E-state index contributed by atoms with van der Waals surface area (Å²) in [6.45, 7) is 2.77. The van der Waals surface area contributed by atoms with Crippen molar-refractivity contribution in [1.82, 2.24) is 24.6 Å². The summed E-state index contributed by atoms with van der Waals surface area (Å²) in [5.74, 6) is 1.17. The van der Waals surface area contributed by atoms with Crippen LogP contribution in [0.3, 0.4) is 0 Å². The van der Waals surface area contributed by atoms with E-state index in [1.165, 1.54) is 11.2 Å². The Bertz CT molecular complexity index is 1270. The number of amides is 1. The molecule has 1 saturated heterocycles. The van der Waals surface area contributed by atoms with E-state index in [1.807, 2.05) is 13.0 Å². The average Bonchev–Trinajstić information content (AvgIpc) is 3.22. The van der Waals surface area contributed by atoms with Crippen LogP contribution in [0.2, 0.25) is 0 Å². The molecule has 0 radical (unpaired) electrons. The van der Waals surface area contributed by atoms with E-state index in [4.69, 9.17) is 20.7 Å². The number of thiophene rings is 1. The molecule has 4 heterocycles. The van der Waals surface area contributed by atoms with Gasteiger partial charge in [0.15, 0.2) is 5.65 Å².